The fourth-order valence-electron chi connectivity index (χ4n) is 5.01. The lowest BCUT2D eigenvalue weighted by molar-refractivity contribution is -0.141. The van der Waals surface area contributed by atoms with Crippen molar-refractivity contribution in [2.45, 2.75) is 50.7 Å². The monoisotopic (exact) mass is 415 g/mol. The zero-order valence-corrected chi connectivity index (χ0v) is 18.0. The van der Waals surface area contributed by atoms with Gasteiger partial charge in [-0.25, -0.2) is 0 Å². The minimum atomic E-state index is -0.165. The van der Waals surface area contributed by atoms with Gasteiger partial charge in [0.05, 0.1) is 18.1 Å². The number of carbonyl (C=O) groups excluding carboxylic acids is 2. The van der Waals surface area contributed by atoms with Gasteiger partial charge in [-0.2, -0.15) is 5.10 Å². The summed E-state index contributed by atoms with van der Waals surface area (Å²) in [5, 5.41) is 9.61. The molecule has 3 aliphatic heterocycles. The van der Waals surface area contributed by atoms with E-state index in [1.807, 2.05) is 11.9 Å². The van der Waals surface area contributed by atoms with E-state index in [4.69, 9.17) is 4.74 Å². The van der Waals surface area contributed by atoms with Crippen LogP contribution < -0.4 is 5.32 Å². The Morgan fingerprint density at radius 1 is 1.27 bits per heavy atom. The number of rotatable bonds is 3. The Hall–Kier alpha value is -2.19. The number of nitrogens with zero attached hydrogens (tertiary/aromatic N) is 3. The van der Waals surface area contributed by atoms with E-state index >= 15 is 0 Å². The Kier molecular flexibility index (Phi) is 6.24. The molecule has 0 bridgehead atoms. The van der Waals surface area contributed by atoms with Crippen molar-refractivity contribution in [2.24, 2.45) is 5.92 Å². The van der Waals surface area contributed by atoms with Gasteiger partial charge < -0.3 is 19.9 Å². The Labute approximate surface area is 178 Å². The predicted octanol–water partition coefficient (Wildman–Crippen LogP) is 1.58. The van der Waals surface area contributed by atoms with Crippen LogP contribution in [0.5, 0.6) is 0 Å². The number of likely N-dealkylation sites (tertiary alicyclic amines) is 2. The quantitative estimate of drug-likeness (QED) is 0.732. The van der Waals surface area contributed by atoms with Crippen molar-refractivity contribution < 1.29 is 14.3 Å². The van der Waals surface area contributed by atoms with Crippen LogP contribution in [-0.4, -0.2) is 83.3 Å². The maximum absolute atomic E-state index is 13.2. The number of hydrogen-bond acceptors (Lipinski definition) is 5. The Balaban J connectivity index is 1.32. The summed E-state index contributed by atoms with van der Waals surface area (Å²) >= 11 is 0. The molecule has 2 atom stereocenters. The minimum absolute atomic E-state index is 0.0250. The lowest BCUT2D eigenvalue weighted by Crippen LogP contribution is -2.50. The van der Waals surface area contributed by atoms with Crippen molar-refractivity contribution >= 4 is 11.8 Å². The van der Waals surface area contributed by atoms with E-state index in [0.717, 1.165) is 64.9 Å². The summed E-state index contributed by atoms with van der Waals surface area (Å²) in [6.07, 6.45) is 8.20. The Morgan fingerprint density at radius 2 is 2.07 bits per heavy atom. The van der Waals surface area contributed by atoms with Crippen molar-refractivity contribution in [1.29, 1.82) is 0 Å². The maximum Gasteiger partial charge on any atom is 0.269 e. The van der Waals surface area contributed by atoms with E-state index in [9.17, 15) is 9.59 Å². The number of ether oxygens (including phenoxy) is 1. The van der Waals surface area contributed by atoms with E-state index in [1.54, 1.807) is 12.3 Å². The second-order valence-corrected chi connectivity index (χ2v) is 9.12. The van der Waals surface area contributed by atoms with Gasteiger partial charge in [0.1, 0.15) is 5.69 Å². The molecular weight excluding hydrogens is 382 g/mol. The molecule has 8 nitrogen and oxygen atoms in total. The van der Waals surface area contributed by atoms with Crippen molar-refractivity contribution in [1.82, 2.24) is 25.3 Å². The van der Waals surface area contributed by atoms with Gasteiger partial charge in [-0.3, -0.25) is 14.7 Å². The largest absolute Gasteiger partial charge is 0.370 e. The summed E-state index contributed by atoms with van der Waals surface area (Å²) in [5.74, 6) is 0.0734. The molecule has 0 aromatic carbocycles. The number of hydrogen-bond donors (Lipinski definition) is 2. The van der Waals surface area contributed by atoms with Gasteiger partial charge in [0.15, 0.2) is 0 Å². The third-order valence-corrected chi connectivity index (χ3v) is 6.67. The third kappa shape index (κ3) is 4.75. The van der Waals surface area contributed by atoms with Crippen LogP contribution in [0.3, 0.4) is 0 Å². The van der Waals surface area contributed by atoms with Crippen LogP contribution in [-0.2, 0) is 9.53 Å². The molecule has 1 aromatic heterocycles. The normalized spacial score (nSPS) is 27.4. The molecule has 0 unspecified atom stereocenters. The fraction of sp³-hybridized carbons (Fsp3) is 0.682. The number of piperidine rings is 1. The lowest BCUT2D eigenvalue weighted by Gasteiger charge is -2.43. The highest BCUT2D eigenvalue weighted by Crippen LogP contribution is 2.33. The van der Waals surface area contributed by atoms with Crippen molar-refractivity contribution in [3.8, 4) is 0 Å². The molecule has 2 fully saturated rings. The molecule has 1 aromatic rings. The van der Waals surface area contributed by atoms with Crippen molar-refractivity contribution in [3.63, 3.8) is 0 Å². The average molecular weight is 416 g/mol. The number of H-pyrrole nitrogens is 1. The SMILES string of the molecule is CC1=CC2(CCN(C(=O)[C@@H]3CC[C@H](NC(=O)c4ccn[nH]4)CN(C)C3)CC2)OCC1. The molecule has 2 N–H and O–H groups in total. The first-order valence-corrected chi connectivity index (χ1v) is 11.0. The first-order valence-electron chi connectivity index (χ1n) is 11.0. The second-order valence-electron chi connectivity index (χ2n) is 9.12. The van der Waals surface area contributed by atoms with Gasteiger partial charge >= 0.3 is 0 Å². The molecule has 164 valence electrons. The van der Waals surface area contributed by atoms with Crippen LogP contribution in [0.25, 0.3) is 0 Å². The molecule has 4 heterocycles. The topological polar surface area (TPSA) is 90.6 Å². The second kappa shape index (κ2) is 8.89. The van der Waals surface area contributed by atoms with Gasteiger partial charge in [0.2, 0.25) is 5.91 Å². The number of carbonyl (C=O) groups is 2. The molecular formula is C22H33N5O3. The molecule has 0 radical (unpaired) electrons. The first kappa shape index (κ1) is 21.1. The molecule has 4 rings (SSSR count). The Morgan fingerprint density at radius 3 is 2.77 bits per heavy atom. The molecule has 2 saturated heterocycles. The summed E-state index contributed by atoms with van der Waals surface area (Å²) in [4.78, 5) is 29.8. The van der Waals surface area contributed by atoms with Crippen LogP contribution in [0.1, 0.15) is 49.5 Å². The smallest absolute Gasteiger partial charge is 0.269 e. The van der Waals surface area contributed by atoms with Crippen LogP contribution in [0.2, 0.25) is 0 Å². The third-order valence-electron chi connectivity index (χ3n) is 6.67. The minimum Gasteiger partial charge on any atom is -0.370 e. The van der Waals surface area contributed by atoms with Gasteiger partial charge in [-0.1, -0.05) is 11.6 Å². The summed E-state index contributed by atoms with van der Waals surface area (Å²) in [6.45, 7) is 5.93. The van der Waals surface area contributed by atoms with E-state index in [1.165, 1.54) is 5.57 Å². The molecule has 1 spiro atoms. The van der Waals surface area contributed by atoms with Crippen molar-refractivity contribution in [2.75, 3.05) is 39.8 Å². The predicted molar refractivity (Wildman–Crippen MR) is 113 cm³/mol. The molecule has 0 aliphatic carbocycles. The highest BCUT2D eigenvalue weighted by atomic mass is 16.5. The first-order chi connectivity index (χ1) is 14.4. The van der Waals surface area contributed by atoms with Crippen LogP contribution in [0.4, 0.5) is 0 Å². The van der Waals surface area contributed by atoms with Gasteiger partial charge in [0.25, 0.3) is 5.91 Å². The van der Waals surface area contributed by atoms with E-state index in [0.29, 0.717) is 5.69 Å². The molecule has 8 heteroatoms. The summed E-state index contributed by atoms with van der Waals surface area (Å²) in [6, 6.07) is 1.69. The van der Waals surface area contributed by atoms with Gasteiger partial charge in [-0.15, -0.1) is 0 Å². The number of aromatic nitrogens is 2. The average Bonchev–Trinajstić information content (AvgIpc) is 3.19. The lowest BCUT2D eigenvalue weighted by atomic mass is 9.86. The molecule has 30 heavy (non-hydrogen) atoms. The highest BCUT2D eigenvalue weighted by molar-refractivity contribution is 5.92. The Bertz CT molecular complexity index is 783. The van der Waals surface area contributed by atoms with Crippen LogP contribution in [0, 0.1) is 5.92 Å². The number of likely N-dealkylation sites (N-methyl/N-ethyl adjacent to an activating group) is 1. The summed E-state index contributed by atoms with van der Waals surface area (Å²) in [7, 11) is 2.02. The molecule has 2 amide bonds. The van der Waals surface area contributed by atoms with Gasteiger partial charge in [0, 0.05) is 38.4 Å². The number of aromatic amines is 1. The zero-order chi connectivity index (χ0) is 21.1. The van der Waals surface area contributed by atoms with Crippen LogP contribution in [0.15, 0.2) is 23.9 Å². The summed E-state index contributed by atoms with van der Waals surface area (Å²) in [5.41, 5.74) is 1.70. The van der Waals surface area contributed by atoms with E-state index < -0.39 is 0 Å². The molecule has 3 aliphatic rings. The number of amides is 2. The number of nitrogens with one attached hydrogen (secondary N) is 2. The van der Waals surface area contributed by atoms with Crippen molar-refractivity contribution in [3.05, 3.63) is 29.6 Å². The standard InChI is InChI=1S/C22H33N5O3/c1-16-6-12-30-22(13-16)7-10-27(11-8-22)21(29)17-3-4-18(15-26(2)14-17)24-20(28)19-5-9-23-25-19/h5,9,13,17-18H,3-4,6-8,10-12,14-15H2,1-2H3,(H,23,25)(H,24,28)/t17-,18+/m1/s1. The summed E-state index contributed by atoms with van der Waals surface area (Å²) < 4.78 is 6.10. The molecule has 0 saturated carbocycles. The van der Waals surface area contributed by atoms with E-state index in [-0.39, 0.29) is 29.4 Å². The van der Waals surface area contributed by atoms with Gasteiger partial charge in [-0.05, 0) is 52.1 Å². The highest BCUT2D eigenvalue weighted by Gasteiger charge is 2.38. The maximum atomic E-state index is 13.2. The zero-order valence-electron chi connectivity index (χ0n) is 18.0. The van der Waals surface area contributed by atoms with E-state index in [2.05, 4.69) is 33.4 Å². The van der Waals surface area contributed by atoms with Crippen LogP contribution >= 0.6 is 0 Å². The fourth-order valence-corrected chi connectivity index (χ4v) is 5.01.